The maximum absolute atomic E-state index is 11.9. The number of methoxy groups -OCH3 is 1. The molecule has 2 rings (SSSR count). The van der Waals surface area contributed by atoms with Crippen molar-refractivity contribution in [1.82, 2.24) is 10.1 Å². The third kappa shape index (κ3) is 4.39. The zero-order valence-electron chi connectivity index (χ0n) is 11.3. The Morgan fingerprint density at radius 1 is 1.62 bits per heavy atom. The monoisotopic (exact) mass is 307 g/mol. The van der Waals surface area contributed by atoms with Crippen LogP contribution >= 0.6 is 11.3 Å². The minimum atomic E-state index is -0.412. The van der Waals surface area contributed by atoms with E-state index >= 15 is 0 Å². The summed E-state index contributed by atoms with van der Waals surface area (Å²) in [6.07, 6.45) is 1.96. The fourth-order valence-corrected chi connectivity index (χ4v) is 2.07. The van der Waals surface area contributed by atoms with Gasteiger partial charge in [-0.05, 0) is 0 Å². The van der Waals surface area contributed by atoms with Crippen LogP contribution in [0.3, 0.4) is 0 Å². The molecule has 0 aromatic carbocycles. The van der Waals surface area contributed by atoms with Gasteiger partial charge in [0.15, 0.2) is 16.6 Å². The first-order valence-electron chi connectivity index (χ1n) is 6.04. The zero-order chi connectivity index (χ0) is 15.1. The van der Waals surface area contributed by atoms with Crippen molar-refractivity contribution in [3.05, 3.63) is 28.6 Å². The molecule has 110 valence electrons. The number of hydrogen-bond acceptors (Lipinski definition) is 7. The predicted octanol–water partition coefficient (Wildman–Crippen LogP) is 1.26. The van der Waals surface area contributed by atoms with E-state index in [1.807, 2.05) is 0 Å². The number of nitrogens with zero attached hydrogens (tertiary/aromatic N) is 2. The number of hydrogen-bond donors (Lipinski definition) is 2. The van der Waals surface area contributed by atoms with Gasteiger partial charge in [-0.25, -0.2) is 4.98 Å². The number of anilines is 1. The highest BCUT2D eigenvalue weighted by Gasteiger charge is 2.14. The summed E-state index contributed by atoms with van der Waals surface area (Å²) in [7, 11) is 1.52. The summed E-state index contributed by atoms with van der Waals surface area (Å²) in [4.78, 5) is 16.7. The number of amides is 1. The molecule has 0 aliphatic heterocycles. The standard InChI is InChI=1S/C13H13N3O4S/c1-19-8-9-6-11(16-20-9)12(18)15-13-14-7-10(21-13)4-2-3-5-17/h6-7,17H,3,5,8H2,1H3,(H,14,15,18). The Balaban J connectivity index is 1.97. The summed E-state index contributed by atoms with van der Waals surface area (Å²) < 4.78 is 9.82. The van der Waals surface area contributed by atoms with Gasteiger partial charge in [-0.2, -0.15) is 0 Å². The summed E-state index contributed by atoms with van der Waals surface area (Å²) in [6, 6.07) is 1.51. The number of aromatic nitrogens is 2. The molecule has 2 aromatic rings. The summed E-state index contributed by atoms with van der Waals surface area (Å²) in [5.41, 5.74) is 0.158. The van der Waals surface area contributed by atoms with Crippen molar-refractivity contribution in [1.29, 1.82) is 0 Å². The Bertz CT molecular complexity index is 668. The third-order valence-corrected chi connectivity index (χ3v) is 3.08. The van der Waals surface area contributed by atoms with Crippen LogP contribution in [0, 0.1) is 11.8 Å². The Morgan fingerprint density at radius 2 is 2.48 bits per heavy atom. The number of aliphatic hydroxyl groups is 1. The van der Waals surface area contributed by atoms with Gasteiger partial charge in [-0.1, -0.05) is 28.3 Å². The first-order valence-corrected chi connectivity index (χ1v) is 6.86. The van der Waals surface area contributed by atoms with Crippen molar-refractivity contribution in [2.24, 2.45) is 0 Å². The van der Waals surface area contributed by atoms with Crippen molar-refractivity contribution in [3.63, 3.8) is 0 Å². The van der Waals surface area contributed by atoms with E-state index in [1.54, 1.807) is 6.20 Å². The fourth-order valence-electron chi connectivity index (χ4n) is 1.39. The minimum absolute atomic E-state index is 0.0192. The molecule has 0 saturated carbocycles. The van der Waals surface area contributed by atoms with E-state index in [2.05, 4.69) is 27.3 Å². The van der Waals surface area contributed by atoms with Crippen LogP contribution in [0.4, 0.5) is 5.13 Å². The van der Waals surface area contributed by atoms with Crippen LogP contribution in [0.15, 0.2) is 16.8 Å². The van der Waals surface area contributed by atoms with Crippen molar-refractivity contribution in [3.8, 4) is 11.8 Å². The molecular formula is C13H13N3O4S. The van der Waals surface area contributed by atoms with Crippen molar-refractivity contribution >= 4 is 22.4 Å². The molecule has 2 aromatic heterocycles. The lowest BCUT2D eigenvalue weighted by molar-refractivity contribution is 0.101. The van der Waals surface area contributed by atoms with E-state index in [4.69, 9.17) is 14.4 Å². The van der Waals surface area contributed by atoms with E-state index in [-0.39, 0.29) is 18.9 Å². The van der Waals surface area contributed by atoms with Crippen LogP contribution in [-0.2, 0) is 11.3 Å². The van der Waals surface area contributed by atoms with E-state index in [0.29, 0.717) is 22.2 Å². The molecule has 7 nitrogen and oxygen atoms in total. The molecule has 0 radical (unpaired) electrons. The van der Waals surface area contributed by atoms with Gasteiger partial charge in [0.25, 0.3) is 5.91 Å². The summed E-state index contributed by atoms with van der Waals surface area (Å²) >= 11 is 1.24. The Morgan fingerprint density at radius 3 is 3.24 bits per heavy atom. The quantitative estimate of drug-likeness (QED) is 0.807. The number of thiazole rings is 1. The molecule has 0 atom stereocenters. The fraction of sp³-hybridized carbons (Fsp3) is 0.308. The molecule has 21 heavy (non-hydrogen) atoms. The molecule has 0 saturated heterocycles. The summed E-state index contributed by atoms with van der Waals surface area (Å²) in [5, 5.41) is 15.3. The molecular weight excluding hydrogens is 294 g/mol. The molecule has 2 heterocycles. The average molecular weight is 307 g/mol. The molecule has 2 N–H and O–H groups in total. The van der Waals surface area contributed by atoms with Crippen LogP contribution in [0.25, 0.3) is 0 Å². The molecule has 1 amide bonds. The van der Waals surface area contributed by atoms with Gasteiger partial charge in [-0.3, -0.25) is 10.1 Å². The van der Waals surface area contributed by atoms with Crippen molar-refractivity contribution in [2.45, 2.75) is 13.0 Å². The van der Waals surface area contributed by atoms with Gasteiger partial charge in [0.05, 0.1) is 17.7 Å². The largest absolute Gasteiger partial charge is 0.395 e. The molecule has 0 fully saturated rings. The highest BCUT2D eigenvalue weighted by atomic mass is 32.1. The van der Waals surface area contributed by atoms with Crippen LogP contribution in [0.2, 0.25) is 0 Å². The van der Waals surface area contributed by atoms with Gasteiger partial charge < -0.3 is 14.4 Å². The smallest absolute Gasteiger partial charge is 0.279 e. The van der Waals surface area contributed by atoms with Gasteiger partial charge in [0.1, 0.15) is 6.61 Å². The lowest BCUT2D eigenvalue weighted by atomic mass is 10.3. The predicted molar refractivity (Wildman–Crippen MR) is 75.9 cm³/mol. The number of ether oxygens (including phenoxy) is 1. The lowest BCUT2D eigenvalue weighted by Crippen LogP contribution is -2.11. The molecule has 0 aliphatic rings. The van der Waals surface area contributed by atoms with Gasteiger partial charge in [0, 0.05) is 19.6 Å². The Labute approximate surface area is 124 Å². The van der Waals surface area contributed by atoms with Crippen molar-refractivity contribution in [2.75, 3.05) is 19.0 Å². The number of carbonyl (C=O) groups excluding carboxylic acids is 1. The summed E-state index contributed by atoms with van der Waals surface area (Å²) in [6.45, 7) is 0.271. The first kappa shape index (κ1) is 15.2. The second-order valence-electron chi connectivity index (χ2n) is 3.87. The van der Waals surface area contributed by atoms with Gasteiger partial charge >= 0.3 is 0 Å². The highest BCUT2D eigenvalue weighted by Crippen LogP contribution is 2.18. The maximum atomic E-state index is 11.9. The Hall–Kier alpha value is -2.21. The van der Waals surface area contributed by atoms with Gasteiger partial charge in [0.2, 0.25) is 0 Å². The molecule has 0 spiro atoms. The number of aliphatic hydroxyl groups excluding tert-OH is 1. The SMILES string of the molecule is COCc1cc(C(=O)Nc2ncc(C#CCCO)s2)no1. The van der Waals surface area contributed by atoms with E-state index in [1.165, 1.54) is 24.5 Å². The number of nitrogens with one attached hydrogen (secondary N) is 1. The van der Waals surface area contributed by atoms with Crippen LogP contribution in [0.5, 0.6) is 0 Å². The maximum Gasteiger partial charge on any atom is 0.279 e. The number of carbonyl (C=O) groups is 1. The molecule has 8 heteroatoms. The topological polar surface area (TPSA) is 97.5 Å². The Kier molecular flexibility index (Phi) is 5.45. The zero-order valence-corrected chi connectivity index (χ0v) is 12.1. The highest BCUT2D eigenvalue weighted by molar-refractivity contribution is 7.16. The van der Waals surface area contributed by atoms with Crippen molar-refractivity contribution < 1.29 is 19.2 Å². The second kappa shape index (κ2) is 7.54. The lowest BCUT2D eigenvalue weighted by Gasteiger charge is -1.95. The van der Waals surface area contributed by atoms with E-state index in [9.17, 15) is 4.79 Å². The molecule has 0 bridgehead atoms. The molecule has 0 aliphatic carbocycles. The van der Waals surface area contributed by atoms with Crippen LogP contribution in [-0.4, -0.2) is 34.9 Å². The first-order chi connectivity index (χ1) is 10.2. The van der Waals surface area contributed by atoms with E-state index < -0.39 is 5.91 Å². The average Bonchev–Trinajstić information content (AvgIpc) is 3.09. The second-order valence-corrected chi connectivity index (χ2v) is 4.90. The molecule has 0 unspecified atom stereocenters. The van der Waals surface area contributed by atoms with Gasteiger partial charge in [-0.15, -0.1) is 0 Å². The van der Waals surface area contributed by atoms with Crippen LogP contribution < -0.4 is 5.32 Å². The number of rotatable bonds is 5. The minimum Gasteiger partial charge on any atom is -0.395 e. The summed E-state index contributed by atoms with van der Waals surface area (Å²) in [5.74, 6) is 5.69. The normalized spacial score (nSPS) is 10.0. The third-order valence-electron chi connectivity index (χ3n) is 2.25. The van der Waals surface area contributed by atoms with E-state index in [0.717, 1.165) is 0 Å². The van der Waals surface area contributed by atoms with Crippen LogP contribution in [0.1, 0.15) is 27.5 Å².